The van der Waals surface area contributed by atoms with Gasteiger partial charge < -0.3 is 38.7 Å². The van der Waals surface area contributed by atoms with E-state index in [1.54, 1.807) is 0 Å². The van der Waals surface area contributed by atoms with Crippen LogP contribution in [0.25, 0.3) is 0 Å². The number of carbonyl (C=O) groups is 3. The summed E-state index contributed by atoms with van der Waals surface area (Å²) in [4.78, 5) is 39.7. The molecule has 0 heterocycles. The smallest absolute Gasteiger partial charge is 0.326 e. The summed E-state index contributed by atoms with van der Waals surface area (Å²) in [6, 6.07) is -2.92. The molecule has 0 aromatic carbocycles. The third-order valence-corrected chi connectivity index (χ3v) is 4.07. The van der Waals surface area contributed by atoms with Crippen LogP contribution in [0.5, 0.6) is 0 Å². The molecule has 0 saturated carbocycles. The number of aliphatic carboxylic acids is 1. The minimum atomic E-state index is -1.15. The molecule has 12 heteroatoms. The number of nitrogens with two attached hydrogens (primary N) is 4. The van der Waals surface area contributed by atoms with Gasteiger partial charge in [0.15, 0.2) is 5.96 Å². The molecule has 0 aliphatic carbocycles. The minimum Gasteiger partial charge on any atom is -0.480 e. The maximum atomic E-state index is 12.5. The second-order valence-corrected chi connectivity index (χ2v) is 6.35. The first-order chi connectivity index (χ1) is 12.7. The summed E-state index contributed by atoms with van der Waals surface area (Å²) < 4.78 is 0. The van der Waals surface area contributed by atoms with Gasteiger partial charge in [-0.3, -0.25) is 14.6 Å². The van der Waals surface area contributed by atoms with Crippen molar-refractivity contribution in [3.63, 3.8) is 0 Å². The average molecular weight is 406 g/mol. The van der Waals surface area contributed by atoms with Gasteiger partial charge in [-0.15, -0.1) is 0 Å². The third-order valence-electron chi connectivity index (χ3n) is 3.67. The lowest BCUT2D eigenvalue weighted by atomic mass is 10.1. The second-order valence-electron chi connectivity index (χ2n) is 5.98. The molecule has 11 N–H and O–H groups in total. The van der Waals surface area contributed by atoms with Gasteiger partial charge in [-0.1, -0.05) is 0 Å². The molecule has 0 bridgehead atoms. The molecular weight excluding hydrogens is 374 g/mol. The lowest BCUT2D eigenvalue weighted by Gasteiger charge is -2.22. The zero-order valence-electron chi connectivity index (χ0n) is 15.3. The Hall–Kier alpha value is -2.05. The van der Waals surface area contributed by atoms with Crippen molar-refractivity contribution in [2.45, 2.75) is 50.2 Å². The summed E-state index contributed by atoms with van der Waals surface area (Å²) in [5, 5.41) is 14.2. The van der Waals surface area contributed by atoms with Gasteiger partial charge in [0.1, 0.15) is 12.1 Å². The molecule has 11 nitrogen and oxygen atoms in total. The molecule has 27 heavy (non-hydrogen) atoms. The van der Waals surface area contributed by atoms with E-state index >= 15 is 0 Å². The average Bonchev–Trinajstić information content (AvgIpc) is 2.61. The Labute approximate surface area is 164 Å². The maximum Gasteiger partial charge on any atom is 0.326 e. The summed E-state index contributed by atoms with van der Waals surface area (Å²) in [6.45, 7) is 0.699. The van der Waals surface area contributed by atoms with E-state index < -0.39 is 35.9 Å². The third kappa shape index (κ3) is 11.3. The number of aliphatic imine (C=N–C) groups is 1. The summed E-state index contributed by atoms with van der Waals surface area (Å²) >= 11 is 3.95. The van der Waals surface area contributed by atoms with Gasteiger partial charge in [-0.2, -0.15) is 12.6 Å². The Kier molecular flexibility index (Phi) is 13.0. The van der Waals surface area contributed by atoms with Crippen LogP contribution in [-0.2, 0) is 14.4 Å². The van der Waals surface area contributed by atoms with Gasteiger partial charge in [0.25, 0.3) is 0 Å². The molecule has 0 aromatic heterocycles. The molecule has 0 aliphatic heterocycles. The monoisotopic (exact) mass is 405 g/mol. The molecule has 156 valence electrons. The van der Waals surface area contributed by atoms with E-state index in [1.165, 1.54) is 0 Å². The standard InChI is InChI=1S/C15H31N7O4S/c16-6-2-1-4-11(14(25)26)22-13(24)10(5-3-7-20-15(18)19)21-12(23)9(17)8-27/h9-11,27H,1-8,16-17H2,(H,21,23)(H,22,24)(H,25,26)(H4,18,19,20). The Bertz CT molecular complexity index is 514. The molecule has 0 aromatic rings. The fourth-order valence-corrected chi connectivity index (χ4v) is 2.32. The number of unbranched alkanes of at least 4 members (excludes halogenated alkanes) is 1. The normalized spacial score (nSPS) is 13.9. The lowest BCUT2D eigenvalue weighted by Crippen LogP contribution is -2.54. The van der Waals surface area contributed by atoms with Gasteiger partial charge in [-0.25, -0.2) is 4.79 Å². The van der Waals surface area contributed by atoms with Crippen LogP contribution < -0.4 is 33.6 Å². The van der Waals surface area contributed by atoms with Gasteiger partial charge in [0, 0.05) is 12.3 Å². The molecule has 0 saturated heterocycles. The molecule has 3 atom stereocenters. The van der Waals surface area contributed by atoms with Crippen LogP contribution in [-0.4, -0.2) is 65.8 Å². The van der Waals surface area contributed by atoms with E-state index in [1.807, 2.05) is 0 Å². The highest BCUT2D eigenvalue weighted by Gasteiger charge is 2.27. The van der Waals surface area contributed by atoms with Crippen molar-refractivity contribution < 1.29 is 19.5 Å². The number of nitrogens with zero attached hydrogens (tertiary/aromatic N) is 1. The topological polar surface area (TPSA) is 212 Å². The van der Waals surface area contributed by atoms with Crippen molar-refractivity contribution in [1.29, 1.82) is 0 Å². The number of rotatable bonds is 14. The maximum absolute atomic E-state index is 12.5. The van der Waals surface area contributed by atoms with Crippen molar-refractivity contribution in [2.75, 3.05) is 18.8 Å². The largest absolute Gasteiger partial charge is 0.480 e. The predicted molar refractivity (Wildman–Crippen MR) is 106 cm³/mol. The van der Waals surface area contributed by atoms with Gasteiger partial charge in [0.05, 0.1) is 6.04 Å². The van der Waals surface area contributed by atoms with Crippen LogP contribution in [0.15, 0.2) is 4.99 Å². The summed E-state index contributed by atoms with van der Waals surface area (Å²) in [7, 11) is 0. The number of guanidine groups is 1. The van der Waals surface area contributed by atoms with Crippen molar-refractivity contribution in [3.05, 3.63) is 0 Å². The fraction of sp³-hybridized carbons (Fsp3) is 0.733. The predicted octanol–water partition coefficient (Wildman–Crippen LogP) is -2.52. The molecule has 0 aliphatic rings. The Morgan fingerprint density at radius 2 is 1.59 bits per heavy atom. The van der Waals surface area contributed by atoms with Crippen molar-refractivity contribution in [3.8, 4) is 0 Å². The van der Waals surface area contributed by atoms with Crippen molar-refractivity contribution in [1.82, 2.24) is 10.6 Å². The number of carboxylic acids is 1. The van der Waals surface area contributed by atoms with Crippen molar-refractivity contribution >= 4 is 36.4 Å². The Morgan fingerprint density at radius 3 is 2.11 bits per heavy atom. The number of carboxylic acid groups (broad SMARTS) is 1. The number of hydrogen-bond donors (Lipinski definition) is 8. The summed E-state index contributed by atoms with van der Waals surface area (Å²) in [5.41, 5.74) is 21.5. The highest BCUT2D eigenvalue weighted by atomic mass is 32.1. The quantitative estimate of drug-likeness (QED) is 0.0666. The van der Waals surface area contributed by atoms with Crippen LogP contribution in [0.2, 0.25) is 0 Å². The van der Waals surface area contributed by atoms with Crippen LogP contribution in [0.1, 0.15) is 32.1 Å². The van der Waals surface area contributed by atoms with E-state index in [0.717, 1.165) is 0 Å². The number of hydrogen-bond acceptors (Lipinski definition) is 7. The van der Waals surface area contributed by atoms with E-state index in [4.69, 9.17) is 22.9 Å². The zero-order chi connectivity index (χ0) is 20.8. The molecule has 2 amide bonds. The molecular formula is C15H31N7O4S. The molecule has 0 fully saturated rings. The minimum absolute atomic E-state index is 0.0806. The first-order valence-corrected chi connectivity index (χ1v) is 9.31. The SMILES string of the molecule is NCCCCC(NC(=O)C(CCCN=C(N)N)NC(=O)C(N)CS)C(=O)O. The number of nitrogens with one attached hydrogen (secondary N) is 2. The Morgan fingerprint density at radius 1 is 1.00 bits per heavy atom. The van der Waals surface area contributed by atoms with E-state index in [0.29, 0.717) is 25.8 Å². The zero-order valence-corrected chi connectivity index (χ0v) is 16.2. The lowest BCUT2D eigenvalue weighted by molar-refractivity contribution is -0.142. The second kappa shape index (κ2) is 14.1. The van der Waals surface area contributed by atoms with Crippen LogP contribution in [0.4, 0.5) is 0 Å². The first-order valence-electron chi connectivity index (χ1n) is 8.68. The van der Waals surface area contributed by atoms with Gasteiger partial charge in [-0.05, 0) is 38.6 Å². The van der Waals surface area contributed by atoms with Crippen LogP contribution in [0.3, 0.4) is 0 Å². The Balaban J connectivity index is 4.96. The van der Waals surface area contributed by atoms with Gasteiger partial charge in [0.2, 0.25) is 11.8 Å². The summed E-state index contributed by atoms with van der Waals surface area (Å²) in [6.07, 6.45) is 2.05. The number of carbonyl (C=O) groups excluding carboxylic acids is 2. The molecule has 0 radical (unpaired) electrons. The highest BCUT2D eigenvalue weighted by Crippen LogP contribution is 2.05. The van der Waals surface area contributed by atoms with Crippen molar-refractivity contribution in [2.24, 2.45) is 27.9 Å². The first kappa shape index (κ1) is 24.9. The van der Waals surface area contributed by atoms with Crippen LogP contribution in [0, 0.1) is 0 Å². The molecule has 3 unspecified atom stereocenters. The summed E-state index contributed by atoms with van der Waals surface area (Å²) in [5.74, 6) is -2.30. The molecule has 0 spiro atoms. The van der Waals surface area contributed by atoms with Crippen LogP contribution >= 0.6 is 12.6 Å². The highest BCUT2D eigenvalue weighted by molar-refractivity contribution is 7.80. The van der Waals surface area contributed by atoms with Gasteiger partial charge >= 0.3 is 5.97 Å². The number of thiol groups is 1. The van der Waals surface area contributed by atoms with E-state index in [-0.39, 0.29) is 31.1 Å². The van der Waals surface area contributed by atoms with E-state index in [2.05, 4.69) is 28.3 Å². The van der Waals surface area contributed by atoms with E-state index in [9.17, 15) is 19.5 Å². The fourth-order valence-electron chi connectivity index (χ4n) is 2.16. The molecule has 0 rings (SSSR count). The number of amides is 2.